The molecule has 5 nitrogen and oxygen atoms in total. The van der Waals surface area contributed by atoms with Gasteiger partial charge in [-0.15, -0.1) is 11.3 Å². The molecule has 0 aliphatic carbocycles. The summed E-state index contributed by atoms with van der Waals surface area (Å²) in [5.74, 6) is 1.96. The van der Waals surface area contributed by atoms with Gasteiger partial charge in [0.15, 0.2) is 0 Å². The number of hydrogen-bond donors (Lipinski definition) is 2. The van der Waals surface area contributed by atoms with Gasteiger partial charge in [0.1, 0.15) is 22.5 Å². The van der Waals surface area contributed by atoms with Crippen LogP contribution in [0.3, 0.4) is 0 Å². The second kappa shape index (κ2) is 5.36. The minimum Gasteiger partial charge on any atom is -0.384 e. The molecule has 2 heterocycles. The van der Waals surface area contributed by atoms with Crippen LogP contribution in [0.4, 0.5) is 11.6 Å². The number of nitrogens with zero attached hydrogens (tertiary/aromatic N) is 3. The van der Waals surface area contributed by atoms with E-state index in [1.807, 2.05) is 13.1 Å². The van der Waals surface area contributed by atoms with Gasteiger partial charge in [-0.3, -0.25) is 0 Å². The van der Waals surface area contributed by atoms with E-state index in [0.717, 1.165) is 16.6 Å². The Hall–Kier alpha value is -1.69. The van der Waals surface area contributed by atoms with Crippen molar-refractivity contribution in [2.45, 2.75) is 46.1 Å². The maximum atomic E-state index is 5.87. The number of aryl methyl sites for hydroxylation is 1. The normalized spacial score (nSPS) is 13.2. The van der Waals surface area contributed by atoms with Gasteiger partial charge in [0.2, 0.25) is 0 Å². The average molecular weight is 291 g/mol. The van der Waals surface area contributed by atoms with Crippen LogP contribution in [-0.2, 0) is 5.41 Å². The molecular weight excluding hydrogens is 270 g/mol. The lowest BCUT2D eigenvalue weighted by Gasteiger charge is -2.19. The molecular formula is C14H21N5S. The fourth-order valence-electron chi connectivity index (χ4n) is 1.73. The van der Waals surface area contributed by atoms with Crippen LogP contribution in [0.5, 0.6) is 0 Å². The highest BCUT2D eigenvalue weighted by Crippen LogP contribution is 2.25. The molecule has 0 saturated heterocycles. The van der Waals surface area contributed by atoms with Crippen molar-refractivity contribution in [3.05, 3.63) is 28.0 Å². The van der Waals surface area contributed by atoms with Crippen molar-refractivity contribution in [3.8, 4) is 0 Å². The highest BCUT2D eigenvalue weighted by atomic mass is 32.1. The smallest absolute Gasteiger partial charge is 0.138 e. The van der Waals surface area contributed by atoms with E-state index < -0.39 is 0 Å². The van der Waals surface area contributed by atoms with E-state index in [1.165, 1.54) is 4.88 Å². The molecule has 0 aromatic carbocycles. The Balaban J connectivity index is 2.23. The Bertz CT molecular complexity index is 600. The average Bonchev–Trinajstić information content (AvgIpc) is 2.74. The molecule has 2 aromatic heterocycles. The zero-order valence-corrected chi connectivity index (χ0v) is 13.4. The summed E-state index contributed by atoms with van der Waals surface area (Å²) in [6, 6.07) is 1.85. The zero-order valence-electron chi connectivity index (χ0n) is 12.6. The number of nitrogen functional groups attached to an aromatic ring is 1. The summed E-state index contributed by atoms with van der Waals surface area (Å²) in [5.41, 5.74) is 5.74. The minimum absolute atomic E-state index is 0.0934. The molecule has 108 valence electrons. The first-order chi connectivity index (χ1) is 9.25. The molecule has 1 unspecified atom stereocenters. The fraction of sp³-hybridized carbons (Fsp3) is 0.500. The standard InChI is InChI=1S/C14H21N5S/c1-8-7-16-12(20-8)9(2)17-11-6-10(15)18-13(19-11)14(3,4)5/h6-7,9H,1-5H3,(H3,15,17,18,19). The molecule has 2 aromatic rings. The van der Waals surface area contributed by atoms with Crippen molar-refractivity contribution in [2.24, 2.45) is 0 Å². The molecule has 0 aliphatic heterocycles. The first kappa shape index (κ1) is 14.7. The number of rotatable bonds is 3. The third-order valence-electron chi connectivity index (χ3n) is 2.79. The van der Waals surface area contributed by atoms with Crippen molar-refractivity contribution in [3.63, 3.8) is 0 Å². The molecule has 3 N–H and O–H groups in total. The van der Waals surface area contributed by atoms with E-state index in [-0.39, 0.29) is 11.5 Å². The van der Waals surface area contributed by atoms with E-state index in [1.54, 1.807) is 17.4 Å². The lowest BCUT2D eigenvalue weighted by atomic mass is 9.96. The number of hydrogen-bond acceptors (Lipinski definition) is 6. The molecule has 20 heavy (non-hydrogen) atoms. The Morgan fingerprint density at radius 2 is 2.00 bits per heavy atom. The summed E-state index contributed by atoms with van der Waals surface area (Å²) >= 11 is 1.68. The summed E-state index contributed by atoms with van der Waals surface area (Å²) < 4.78 is 0. The molecule has 2 rings (SSSR count). The molecule has 0 amide bonds. The highest BCUT2D eigenvalue weighted by Gasteiger charge is 2.19. The van der Waals surface area contributed by atoms with Gasteiger partial charge in [-0.1, -0.05) is 20.8 Å². The number of thiazole rings is 1. The molecule has 0 spiro atoms. The third kappa shape index (κ3) is 3.45. The van der Waals surface area contributed by atoms with Gasteiger partial charge in [-0.2, -0.15) is 0 Å². The molecule has 6 heteroatoms. The third-order valence-corrected chi connectivity index (χ3v) is 3.89. The van der Waals surface area contributed by atoms with E-state index in [2.05, 4.69) is 48.0 Å². The van der Waals surface area contributed by atoms with Crippen LogP contribution in [0.15, 0.2) is 12.3 Å². The maximum absolute atomic E-state index is 5.87. The number of nitrogens with two attached hydrogens (primary N) is 1. The predicted molar refractivity (Wildman–Crippen MR) is 84.0 cm³/mol. The predicted octanol–water partition coefficient (Wildman–Crippen LogP) is 3.29. The number of aromatic nitrogens is 3. The summed E-state index contributed by atoms with van der Waals surface area (Å²) in [5, 5.41) is 4.38. The van der Waals surface area contributed by atoms with Crippen LogP contribution >= 0.6 is 11.3 Å². The maximum Gasteiger partial charge on any atom is 0.138 e. The highest BCUT2D eigenvalue weighted by molar-refractivity contribution is 7.11. The Morgan fingerprint density at radius 1 is 1.30 bits per heavy atom. The fourth-order valence-corrected chi connectivity index (χ4v) is 2.51. The van der Waals surface area contributed by atoms with Gasteiger partial charge in [-0.25, -0.2) is 15.0 Å². The summed E-state index contributed by atoms with van der Waals surface area (Å²) in [6.45, 7) is 10.3. The molecule has 0 aliphatic rings. The quantitative estimate of drug-likeness (QED) is 0.907. The van der Waals surface area contributed by atoms with Crippen LogP contribution in [0, 0.1) is 6.92 Å². The second-order valence-electron chi connectivity index (χ2n) is 5.93. The first-order valence-electron chi connectivity index (χ1n) is 6.59. The van der Waals surface area contributed by atoms with E-state index in [9.17, 15) is 0 Å². The van der Waals surface area contributed by atoms with Crippen LogP contribution in [0.25, 0.3) is 0 Å². The van der Waals surface area contributed by atoms with E-state index in [4.69, 9.17) is 5.73 Å². The minimum atomic E-state index is -0.132. The van der Waals surface area contributed by atoms with Gasteiger partial charge < -0.3 is 11.1 Å². The van der Waals surface area contributed by atoms with Gasteiger partial charge in [0.05, 0.1) is 6.04 Å². The van der Waals surface area contributed by atoms with Gasteiger partial charge in [-0.05, 0) is 13.8 Å². The van der Waals surface area contributed by atoms with Crippen molar-refractivity contribution in [1.29, 1.82) is 0 Å². The topological polar surface area (TPSA) is 76.7 Å². The van der Waals surface area contributed by atoms with Gasteiger partial charge in [0, 0.05) is 22.6 Å². The van der Waals surface area contributed by atoms with Crippen LogP contribution in [0.2, 0.25) is 0 Å². The van der Waals surface area contributed by atoms with Gasteiger partial charge >= 0.3 is 0 Å². The Morgan fingerprint density at radius 3 is 2.55 bits per heavy atom. The lowest BCUT2D eigenvalue weighted by molar-refractivity contribution is 0.546. The van der Waals surface area contributed by atoms with Crippen LogP contribution in [0.1, 0.15) is 49.4 Å². The lowest BCUT2D eigenvalue weighted by Crippen LogP contribution is -2.19. The van der Waals surface area contributed by atoms with E-state index >= 15 is 0 Å². The molecule has 0 fully saturated rings. The molecule has 0 bridgehead atoms. The Kier molecular flexibility index (Phi) is 3.94. The summed E-state index contributed by atoms with van der Waals surface area (Å²) in [7, 11) is 0. The van der Waals surface area contributed by atoms with E-state index in [0.29, 0.717) is 5.82 Å². The zero-order chi connectivity index (χ0) is 14.9. The first-order valence-corrected chi connectivity index (χ1v) is 7.41. The number of anilines is 2. The largest absolute Gasteiger partial charge is 0.384 e. The van der Waals surface area contributed by atoms with Crippen molar-refractivity contribution in [1.82, 2.24) is 15.0 Å². The molecule has 0 radical (unpaired) electrons. The molecule has 0 saturated carbocycles. The van der Waals surface area contributed by atoms with Crippen molar-refractivity contribution in [2.75, 3.05) is 11.1 Å². The second-order valence-corrected chi connectivity index (χ2v) is 7.19. The summed E-state index contributed by atoms with van der Waals surface area (Å²) in [4.78, 5) is 14.4. The SMILES string of the molecule is Cc1cnc(C(C)Nc2cc(N)nc(C(C)(C)C)n2)s1. The van der Waals surface area contributed by atoms with Gasteiger partial charge in [0.25, 0.3) is 0 Å². The molecule has 1 atom stereocenters. The monoisotopic (exact) mass is 291 g/mol. The van der Waals surface area contributed by atoms with Crippen molar-refractivity contribution >= 4 is 23.0 Å². The Labute approximate surface area is 123 Å². The van der Waals surface area contributed by atoms with Crippen LogP contribution in [-0.4, -0.2) is 15.0 Å². The van der Waals surface area contributed by atoms with Crippen LogP contribution < -0.4 is 11.1 Å². The number of nitrogens with one attached hydrogen (secondary N) is 1. The summed E-state index contributed by atoms with van der Waals surface area (Å²) in [6.07, 6.45) is 1.88. The van der Waals surface area contributed by atoms with Crippen molar-refractivity contribution < 1.29 is 0 Å².